The molecule has 1 nitrogen and oxygen atoms in total. The SMILES string of the molecule is C=C/C=C/C1=C(\C=C/C)N(/C(C=C)=C/C=C)C/C=C\C=C/C1C. The zero-order valence-electron chi connectivity index (χ0n) is 14.3. The van der Waals surface area contributed by atoms with Crippen LogP contribution in [0.3, 0.4) is 0 Å². The molecule has 0 aromatic rings. The lowest BCUT2D eigenvalue weighted by atomic mass is 9.96. The van der Waals surface area contributed by atoms with Gasteiger partial charge in [-0.15, -0.1) is 0 Å². The largest absolute Gasteiger partial charge is 0.337 e. The number of hydrogen-bond donors (Lipinski definition) is 0. The highest BCUT2D eigenvalue weighted by atomic mass is 15.1. The van der Waals surface area contributed by atoms with Crippen molar-refractivity contribution < 1.29 is 0 Å². The lowest BCUT2D eigenvalue weighted by Crippen LogP contribution is -2.23. The van der Waals surface area contributed by atoms with Crippen LogP contribution in [-0.4, -0.2) is 11.4 Å². The van der Waals surface area contributed by atoms with Crippen molar-refractivity contribution >= 4 is 0 Å². The summed E-state index contributed by atoms with van der Waals surface area (Å²) >= 11 is 0. The van der Waals surface area contributed by atoms with E-state index in [-0.39, 0.29) is 5.92 Å². The van der Waals surface area contributed by atoms with Crippen molar-refractivity contribution in [1.82, 2.24) is 4.90 Å². The van der Waals surface area contributed by atoms with Crippen LogP contribution in [0.1, 0.15) is 13.8 Å². The maximum Gasteiger partial charge on any atom is 0.0448 e. The third-order valence-electron chi connectivity index (χ3n) is 3.56. The Balaban J connectivity index is 3.62. The molecule has 120 valence electrons. The molecular weight excluding hydrogens is 278 g/mol. The molecule has 1 heteroatoms. The summed E-state index contributed by atoms with van der Waals surface area (Å²) < 4.78 is 0. The smallest absolute Gasteiger partial charge is 0.0448 e. The molecule has 0 aliphatic carbocycles. The van der Waals surface area contributed by atoms with E-state index in [1.165, 1.54) is 5.57 Å². The van der Waals surface area contributed by atoms with Crippen molar-refractivity contribution in [3.05, 3.63) is 110 Å². The molecule has 23 heavy (non-hydrogen) atoms. The molecule has 0 aromatic carbocycles. The quantitative estimate of drug-likeness (QED) is 0.554. The minimum atomic E-state index is 0.289. The van der Waals surface area contributed by atoms with Gasteiger partial charge in [-0.05, 0) is 30.7 Å². The molecule has 0 saturated heterocycles. The van der Waals surface area contributed by atoms with Gasteiger partial charge in [-0.1, -0.05) is 81.3 Å². The van der Waals surface area contributed by atoms with Gasteiger partial charge in [0.05, 0.1) is 0 Å². The van der Waals surface area contributed by atoms with Gasteiger partial charge in [0.1, 0.15) is 0 Å². The van der Waals surface area contributed by atoms with Crippen molar-refractivity contribution in [3.63, 3.8) is 0 Å². The van der Waals surface area contributed by atoms with Crippen molar-refractivity contribution in [2.75, 3.05) is 6.54 Å². The van der Waals surface area contributed by atoms with E-state index in [2.05, 4.69) is 74.1 Å². The lowest BCUT2D eigenvalue weighted by molar-refractivity contribution is 0.494. The fourth-order valence-corrected chi connectivity index (χ4v) is 2.45. The molecule has 0 fully saturated rings. The van der Waals surface area contributed by atoms with Gasteiger partial charge < -0.3 is 4.90 Å². The van der Waals surface area contributed by atoms with Crippen LogP contribution in [0.2, 0.25) is 0 Å². The standard InChI is InChI=1S/C22H27N/c1-6-10-17-21-19(5)16-12-11-13-18-23(22(21)15-8-3)20(9-4)14-7-2/h6-17,19H,1-2,4,18H2,3,5H3/b13-11-,15-8-,16-12-,17-10+,20-14+,22-21-. The predicted octanol–water partition coefficient (Wildman–Crippen LogP) is 5.88. The molecule has 1 atom stereocenters. The number of hydrogen-bond acceptors (Lipinski definition) is 1. The zero-order valence-corrected chi connectivity index (χ0v) is 14.3. The van der Waals surface area contributed by atoms with Crippen molar-refractivity contribution in [3.8, 4) is 0 Å². The summed E-state index contributed by atoms with van der Waals surface area (Å²) in [6, 6.07) is 0. The highest BCUT2D eigenvalue weighted by molar-refractivity contribution is 5.41. The molecule has 0 aromatic heterocycles. The van der Waals surface area contributed by atoms with Gasteiger partial charge in [0.25, 0.3) is 0 Å². The fraction of sp³-hybridized carbons (Fsp3) is 0.182. The predicted molar refractivity (Wildman–Crippen MR) is 104 cm³/mol. The fourth-order valence-electron chi connectivity index (χ4n) is 2.45. The summed E-state index contributed by atoms with van der Waals surface area (Å²) in [6.07, 6.45) is 24.3. The highest BCUT2D eigenvalue weighted by Crippen LogP contribution is 2.27. The van der Waals surface area contributed by atoms with E-state index >= 15 is 0 Å². The minimum Gasteiger partial charge on any atom is -0.337 e. The van der Waals surface area contributed by atoms with E-state index in [1.807, 2.05) is 25.2 Å². The summed E-state index contributed by atoms with van der Waals surface area (Å²) in [5, 5.41) is 0. The highest BCUT2D eigenvalue weighted by Gasteiger charge is 2.16. The molecular formula is C22H27N. The third kappa shape index (κ3) is 5.30. The molecule has 0 saturated carbocycles. The first-order valence-corrected chi connectivity index (χ1v) is 7.91. The summed E-state index contributed by atoms with van der Waals surface area (Å²) in [5.74, 6) is 0.289. The van der Waals surface area contributed by atoms with Gasteiger partial charge in [-0.25, -0.2) is 0 Å². The van der Waals surface area contributed by atoms with Crippen LogP contribution in [0.25, 0.3) is 0 Å². The molecule has 0 radical (unpaired) electrons. The maximum atomic E-state index is 3.95. The van der Waals surface area contributed by atoms with E-state index in [0.29, 0.717) is 0 Å². The summed E-state index contributed by atoms with van der Waals surface area (Å²) in [5.41, 5.74) is 3.42. The van der Waals surface area contributed by atoms with Gasteiger partial charge in [0.15, 0.2) is 0 Å². The summed E-state index contributed by atoms with van der Waals surface area (Å²) in [6.45, 7) is 16.6. The molecule has 1 rings (SSSR count). The Morgan fingerprint density at radius 2 is 1.96 bits per heavy atom. The van der Waals surface area contributed by atoms with Gasteiger partial charge in [-0.2, -0.15) is 0 Å². The van der Waals surface area contributed by atoms with Crippen LogP contribution >= 0.6 is 0 Å². The Labute approximate surface area is 141 Å². The van der Waals surface area contributed by atoms with E-state index < -0.39 is 0 Å². The van der Waals surface area contributed by atoms with Crippen LogP contribution in [0, 0.1) is 5.92 Å². The molecule has 0 spiro atoms. The van der Waals surface area contributed by atoms with Gasteiger partial charge in [0, 0.05) is 23.9 Å². The van der Waals surface area contributed by atoms with Gasteiger partial charge in [-0.3, -0.25) is 0 Å². The van der Waals surface area contributed by atoms with Crippen molar-refractivity contribution in [2.45, 2.75) is 13.8 Å². The maximum absolute atomic E-state index is 3.95. The number of rotatable bonds is 6. The van der Waals surface area contributed by atoms with Gasteiger partial charge in [0.2, 0.25) is 0 Å². The molecule has 1 aliphatic heterocycles. The topological polar surface area (TPSA) is 3.24 Å². The number of nitrogens with zero attached hydrogens (tertiary/aromatic N) is 1. The third-order valence-corrected chi connectivity index (χ3v) is 3.56. The van der Waals surface area contributed by atoms with Crippen LogP contribution in [0.5, 0.6) is 0 Å². The summed E-state index contributed by atoms with van der Waals surface area (Å²) in [4.78, 5) is 2.25. The first kappa shape index (κ1) is 18.5. The monoisotopic (exact) mass is 305 g/mol. The van der Waals surface area contributed by atoms with Crippen LogP contribution in [0.15, 0.2) is 110 Å². The molecule has 1 heterocycles. The molecule has 0 amide bonds. The minimum absolute atomic E-state index is 0.289. The van der Waals surface area contributed by atoms with E-state index in [4.69, 9.17) is 0 Å². The second-order valence-corrected chi connectivity index (χ2v) is 5.18. The first-order chi connectivity index (χ1) is 11.2. The Kier molecular flexibility index (Phi) is 8.23. The van der Waals surface area contributed by atoms with E-state index in [9.17, 15) is 0 Å². The van der Waals surface area contributed by atoms with E-state index in [1.54, 1.807) is 12.2 Å². The second-order valence-electron chi connectivity index (χ2n) is 5.18. The second kappa shape index (κ2) is 10.2. The molecule has 1 unspecified atom stereocenters. The normalized spacial score (nSPS) is 25.7. The molecule has 0 N–H and O–H groups in total. The van der Waals surface area contributed by atoms with Crippen LogP contribution in [0.4, 0.5) is 0 Å². The lowest BCUT2D eigenvalue weighted by Gasteiger charge is -2.28. The van der Waals surface area contributed by atoms with Crippen molar-refractivity contribution in [2.24, 2.45) is 5.92 Å². The Morgan fingerprint density at radius 3 is 2.57 bits per heavy atom. The van der Waals surface area contributed by atoms with E-state index in [0.717, 1.165) is 17.9 Å². The Morgan fingerprint density at radius 1 is 1.17 bits per heavy atom. The summed E-state index contributed by atoms with van der Waals surface area (Å²) in [7, 11) is 0. The van der Waals surface area contributed by atoms with Gasteiger partial charge >= 0.3 is 0 Å². The average Bonchev–Trinajstić information content (AvgIpc) is 2.62. The average molecular weight is 305 g/mol. The molecule has 1 aliphatic rings. The Hall–Kier alpha value is -2.54. The zero-order chi connectivity index (χ0) is 17.1. The van der Waals surface area contributed by atoms with Crippen molar-refractivity contribution in [1.29, 1.82) is 0 Å². The number of allylic oxidation sites excluding steroid dienone is 12. The molecule has 0 bridgehead atoms. The van der Waals surface area contributed by atoms with Crippen LogP contribution in [-0.2, 0) is 0 Å². The first-order valence-electron chi connectivity index (χ1n) is 7.91. The Bertz CT molecular complexity index is 606. The van der Waals surface area contributed by atoms with Crippen LogP contribution < -0.4 is 0 Å².